The van der Waals surface area contributed by atoms with E-state index in [-0.39, 0.29) is 17.3 Å². The van der Waals surface area contributed by atoms with Crippen LogP contribution in [-0.2, 0) is 4.79 Å². The van der Waals surface area contributed by atoms with Gasteiger partial charge in [0, 0.05) is 43.2 Å². The Morgan fingerprint density at radius 2 is 1.31 bits per heavy atom. The number of nitrogens with one attached hydrogen (secondary N) is 1. The zero-order valence-electron chi connectivity index (χ0n) is 24.6. The minimum Gasteiger partial charge on any atom is -0.338 e. The fourth-order valence-corrected chi connectivity index (χ4v) is 6.68. The van der Waals surface area contributed by atoms with E-state index < -0.39 is 47.3 Å². The number of aryl methyl sites for hydroxylation is 1. The summed E-state index contributed by atoms with van der Waals surface area (Å²) in [7, 11) is 0. The van der Waals surface area contributed by atoms with Gasteiger partial charge in [-0.2, -0.15) is 0 Å². The van der Waals surface area contributed by atoms with Crippen molar-refractivity contribution in [2.75, 3.05) is 26.2 Å². The van der Waals surface area contributed by atoms with Crippen LogP contribution in [0.25, 0.3) is 0 Å². The highest BCUT2D eigenvalue weighted by atomic mass is 19.1. The number of hydrogen-bond acceptors (Lipinski definition) is 4. The zero-order valence-corrected chi connectivity index (χ0v) is 24.6. The summed E-state index contributed by atoms with van der Waals surface area (Å²) in [6.07, 6.45) is 0. The van der Waals surface area contributed by atoms with Gasteiger partial charge in [0.05, 0.1) is 12.0 Å². The number of carbonyl (C=O) groups is 3. The Kier molecular flexibility index (Phi) is 8.54. The first-order chi connectivity index (χ1) is 21.7. The van der Waals surface area contributed by atoms with Crippen LogP contribution in [0.15, 0.2) is 97.1 Å². The van der Waals surface area contributed by atoms with Gasteiger partial charge in [-0.3, -0.25) is 14.4 Å². The number of amides is 2. The molecule has 0 bridgehead atoms. The maximum absolute atomic E-state index is 14.7. The van der Waals surface area contributed by atoms with Crippen molar-refractivity contribution < 1.29 is 27.6 Å². The lowest BCUT2D eigenvalue weighted by molar-refractivity contribution is -0.136. The molecular weight excluding hydrogens is 579 g/mol. The molecular formula is C36H32F3N3O3. The maximum Gasteiger partial charge on any atom is 0.255 e. The molecule has 4 atom stereocenters. The van der Waals surface area contributed by atoms with Crippen molar-refractivity contribution in [1.82, 2.24) is 15.1 Å². The average molecular weight is 612 g/mol. The van der Waals surface area contributed by atoms with E-state index in [9.17, 15) is 27.6 Å². The first-order valence-electron chi connectivity index (χ1n) is 14.9. The van der Waals surface area contributed by atoms with E-state index in [1.165, 1.54) is 71.6 Å². The van der Waals surface area contributed by atoms with Gasteiger partial charge in [0.2, 0.25) is 5.91 Å². The lowest BCUT2D eigenvalue weighted by Crippen LogP contribution is -2.55. The quantitative estimate of drug-likeness (QED) is 0.285. The topological polar surface area (TPSA) is 69.7 Å². The smallest absolute Gasteiger partial charge is 0.255 e. The summed E-state index contributed by atoms with van der Waals surface area (Å²) in [5.74, 6) is -4.92. The minimum atomic E-state index is -1.21. The van der Waals surface area contributed by atoms with E-state index in [0.717, 1.165) is 11.6 Å². The molecule has 0 aliphatic carbocycles. The van der Waals surface area contributed by atoms with Crippen LogP contribution in [0.1, 0.15) is 49.4 Å². The van der Waals surface area contributed by atoms with Gasteiger partial charge in [0.15, 0.2) is 5.78 Å². The number of piperazine rings is 1. The molecule has 4 aromatic carbocycles. The highest BCUT2D eigenvalue weighted by Gasteiger charge is 2.58. The molecule has 6 nitrogen and oxygen atoms in total. The second-order valence-corrected chi connectivity index (χ2v) is 11.6. The van der Waals surface area contributed by atoms with Crippen molar-refractivity contribution in [3.63, 3.8) is 0 Å². The third kappa shape index (κ3) is 6.00. The second kappa shape index (κ2) is 12.7. The number of benzene rings is 4. The van der Waals surface area contributed by atoms with Gasteiger partial charge in [-0.1, -0.05) is 54.1 Å². The van der Waals surface area contributed by atoms with Gasteiger partial charge in [-0.25, -0.2) is 13.2 Å². The van der Waals surface area contributed by atoms with Crippen LogP contribution in [0, 0.1) is 30.3 Å². The van der Waals surface area contributed by atoms with Crippen molar-refractivity contribution in [1.29, 1.82) is 0 Å². The largest absolute Gasteiger partial charge is 0.338 e. The molecule has 6 rings (SSSR count). The van der Waals surface area contributed by atoms with Crippen molar-refractivity contribution in [3.05, 3.63) is 142 Å². The van der Waals surface area contributed by atoms with Crippen LogP contribution in [0.3, 0.4) is 0 Å². The predicted molar refractivity (Wildman–Crippen MR) is 163 cm³/mol. The number of likely N-dealkylation sites (tertiary alicyclic amines) is 1. The van der Waals surface area contributed by atoms with Gasteiger partial charge in [0.25, 0.3) is 5.91 Å². The summed E-state index contributed by atoms with van der Waals surface area (Å²) in [6.45, 7) is 3.71. The minimum absolute atomic E-state index is 0.00160. The van der Waals surface area contributed by atoms with Crippen LogP contribution in [-0.4, -0.2) is 59.6 Å². The molecule has 0 radical (unpaired) electrons. The Morgan fingerprint density at radius 1 is 0.711 bits per heavy atom. The molecule has 2 fully saturated rings. The summed E-state index contributed by atoms with van der Waals surface area (Å²) in [4.78, 5) is 47.0. The molecule has 2 saturated heterocycles. The van der Waals surface area contributed by atoms with Gasteiger partial charge >= 0.3 is 0 Å². The molecule has 4 aromatic rings. The van der Waals surface area contributed by atoms with Crippen molar-refractivity contribution in [2.45, 2.75) is 24.9 Å². The maximum atomic E-state index is 14.7. The van der Waals surface area contributed by atoms with Crippen molar-refractivity contribution >= 4 is 17.6 Å². The van der Waals surface area contributed by atoms with Crippen LogP contribution in [0.5, 0.6) is 0 Å². The molecule has 0 spiro atoms. The zero-order chi connectivity index (χ0) is 31.7. The SMILES string of the molecule is Cc1cccc(C(=O)C2C(c3ccc(F)cc3)C(C(=O)N3CCNCC3)N(C(=O)c3cccc(F)c3)C2c2ccc(F)cc2)c1. The van der Waals surface area contributed by atoms with E-state index in [0.29, 0.717) is 42.9 Å². The summed E-state index contributed by atoms with van der Waals surface area (Å²) in [6, 6.07) is 21.1. The first-order valence-corrected chi connectivity index (χ1v) is 14.9. The Bertz CT molecular complexity index is 1720. The van der Waals surface area contributed by atoms with Crippen LogP contribution in [0.4, 0.5) is 13.2 Å². The number of halogens is 3. The Morgan fingerprint density at radius 3 is 1.93 bits per heavy atom. The fourth-order valence-electron chi connectivity index (χ4n) is 6.68. The fraction of sp³-hybridized carbons (Fsp3) is 0.250. The number of nitrogens with zero attached hydrogens (tertiary/aromatic N) is 2. The predicted octanol–water partition coefficient (Wildman–Crippen LogP) is 5.69. The molecule has 0 aromatic heterocycles. The number of carbonyl (C=O) groups excluding carboxylic acids is 3. The van der Waals surface area contributed by atoms with Crippen LogP contribution in [0.2, 0.25) is 0 Å². The number of rotatable bonds is 6. The van der Waals surface area contributed by atoms with E-state index >= 15 is 0 Å². The van der Waals surface area contributed by atoms with E-state index in [1.807, 2.05) is 13.0 Å². The Labute approximate surface area is 259 Å². The molecule has 9 heteroatoms. The number of hydrogen-bond donors (Lipinski definition) is 1. The van der Waals surface area contributed by atoms with Gasteiger partial charge < -0.3 is 15.1 Å². The van der Waals surface area contributed by atoms with Crippen molar-refractivity contribution in [3.8, 4) is 0 Å². The molecule has 2 heterocycles. The van der Waals surface area contributed by atoms with Gasteiger partial charge in [-0.15, -0.1) is 0 Å². The monoisotopic (exact) mass is 611 g/mol. The molecule has 230 valence electrons. The number of ketones is 1. The van der Waals surface area contributed by atoms with Gasteiger partial charge in [-0.05, 0) is 66.6 Å². The summed E-state index contributed by atoms with van der Waals surface area (Å²) in [5.41, 5.74) is 2.17. The second-order valence-electron chi connectivity index (χ2n) is 11.6. The molecule has 2 aliphatic rings. The summed E-state index contributed by atoms with van der Waals surface area (Å²) >= 11 is 0. The third-order valence-corrected chi connectivity index (χ3v) is 8.73. The lowest BCUT2D eigenvalue weighted by atomic mass is 9.75. The number of Topliss-reactive ketones (excluding diaryl/α,β-unsaturated/α-hetero) is 1. The standard InChI is InChI=1S/C36H32F3N3O3/c1-22-4-2-5-25(20-22)34(43)31-30(23-8-12-27(37)13-9-23)33(36(45)41-18-16-40-17-19-41)42(32(31)24-10-14-28(38)15-11-24)35(44)26-6-3-7-29(39)21-26/h2-15,20-21,30-33,40H,16-19H2,1H3. The van der Waals surface area contributed by atoms with E-state index in [2.05, 4.69) is 5.32 Å². The van der Waals surface area contributed by atoms with Crippen molar-refractivity contribution in [2.24, 2.45) is 5.92 Å². The molecule has 1 N–H and O–H groups in total. The Hall–Kier alpha value is -4.76. The first kappa shape index (κ1) is 30.3. The highest BCUT2D eigenvalue weighted by molar-refractivity contribution is 6.04. The summed E-state index contributed by atoms with van der Waals surface area (Å²) < 4.78 is 43.0. The molecule has 0 saturated carbocycles. The highest BCUT2D eigenvalue weighted by Crippen LogP contribution is 2.52. The molecule has 4 unspecified atom stereocenters. The molecule has 2 amide bonds. The van der Waals surface area contributed by atoms with Gasteiger partial charge in [0.1, 0.15) is 23.5 Å². The molecule has 45 heavy (non-hydrogen) atoms. The van der Waals surface area contributed by atoms with E-state index in [1.54, 1.807) is 23.1 Å². The average Bonchev–Trinajstić information content (AvgIpc) is 3.40. The van der Waals surface area contributed by atoms with E-state index in [4.69, 9.17) is 0 Å². The normalized spacial score (nSPS) is 21.5. The van der Waals surface area contributed by atoms with Crippen LogP contribution < -0.4 is 5.32 Å². The Balaban J connectivity index is 1.62. The molecule has 2 aliphatic heterocycles. The third-order valence-electron chi connectivity index (χ3n) is 8.73. The lowest BCUT2D eigenvalue weighted by Gasteiger charge is -2.36. The summed E-state index contributed by atoms with van der Waals surface area (Å²) in [5, 5.41) is 3.22. The van der Waals surface area contributed by atoms with Crippen LogP contribution >= 0.6 is 0 Å².